The van der Waals surface area contributed by atoms with Crippen LogP contribution < -0.4 is 0 Å². The fraction of sp³-hybridized carbons (Fsp3) is 0.591. The van der Waals surface area contributed by atoms with Gasteiger partial charge in [-0.15, -0.1) is 5.10 Å². The van der Waals surface area contributed by atoms with Crippen molar-refractivity contribution in [1.29, 1.82) is 0 Å². The normalized spacial score (nSPS) is 26.7. The standard InChI is InChI=1S/C22H30N8O3/c1-15-19(13-33-20(15)31)29-10-9-22(21(29)32)7-5-18(6-8-22)28(4)12-17(23-3)11-24-16(2)30-14-25-26-27-30/h11,14,18H,3,5-10,12-13H2,1-2,4H3/b17-11-,24-16+/t18-,22+. The smallest absolute Gasteiger partial charge is 0.336 e. The number of hydrogen-bond donors (Lipinski definition) is 0. The van der Waals surface area contributed by atoms with E-state index in [-0.39, 0.29) is 23.9 Å². The third-order valence-corrected chi connectivity index (χ3v) is 7.15. The molecule has 2 aliphatic heterocycles. The minimum Gasteiger partial charge on any atom is -0.456 e. The van der Waals surface area contributed by atoms with Crippen LogP contribution in [0.3, 0.4) is 0 Å². The summed E-state index contributed by atoms with van der Waals surface area (Å²) in [4.78, 5) is 37.6. The number of ether oxygens (including phenoxy) is 1. The van der Waals surface area contributed by atoms with E-state index in [2.05, 4.69) is 44.2 Å². The largest absolute Gasteiger partial charge is 0.456 e. The second kappa shape index (κ2) is 9.34. The van der Waals surface area contributed by atoms with E-state index in [4.69, 9.17) is 4.74 Å². The lowest BCUT2D eigenvalue weighted by atomic mass is 9.71. The molecule has 1 aromatic rings. The fourth-order valence-electron chi connectivity index (χ4n) is 4.94. The maximum Gasteiger partial charge on any atom is 0.336 e. The van der Waals surface area contributed by atoms with Crippen LogP contribution in [0.4, 0.5) is 0 Å². The number of carbonyl (C=O) groups excluding carboxylic acids is 2. The molecule has 1 saturated carbocycles. The van der Waals surface area contributed by atoms with Gasteiger partial charge in [0.2, 0.25) is 5.91 Å². The van der Waals surface area contributed by atoms with E-state index in [9.17, 15) is 9.59 Å². The number of tetrazole rings is 1. The molecule has 2 fully saturated rings. The summed E-state index contributed by atoms with van der Waals surface area (Å²) in [6.45, 7) is 8.70. The monoisotopic (exact) mass is 454 g/mol. The van der Waals surface area contributed by atoms with Gasteiger partial charge in [0.05, 0.1) is 28.6 Å². The minimum absolute atomic E-state index is 0.150. The van der Waals surface area contributed by atoms with Crippen molar-refractivity contribution in [3.63, 3.8) is 0 Å². The second-order valence-electron chi connectivity index (χ2n) is 8.99. The predicted molar refractivity (Wildman–Crippen MR) is 121 cm³/mol. The molecule has 176 valence electrons. The van der Waals surface area contributed by atoms with E-state index in [0.29, 0.717) is 30.5 Å². The molecule has 0 bridgehead atoms. The third-order valence-electron chi connectivity index (χ3n) is 7.15. The molecule has 4 rings (SSSR count). The zero-order chi connectivity index (χ0) is 23.6. The van der Waals surface area contributed by atoms with Gasteiger partial charge in [-0.25, -0.2) is 9.79 Å². The van der Waals surface area contributed by atoms with E-state index in [1.807, 2.05) is 6.92 Å². The highest BCUT2D eigenvalue weighted by molar-refractivity contribution is 5.94. The molecule has 1 spiro atoms. The number of nitrogens with zero attached hydrogens (tertiary/aromatic N) is 8. The first-order valence-electron chi connectivity index (χ1n) is 11.2. The molecule has 11 heteroatoms. The molecule has 1 aromatic heterocycles. The predicted octanol–water partition coefficient (Wildman–Crippen LogP) is 1.41. The van der Waals surface area contributed by atoms with Crippen LogP contribution in [-0.2, 0) is 14.3 Å². The number of aromatic nitrogens is 4. The molecule has 3 aliphatic rings. The Morgan fingerprint density at radius 2 is 2.12 bits per heavy atom. The quantitative estimate of drug-likeness (QED) is 0.362. The first kappa shape index (κ1) is 23.0. The SMILES string of the molecule is C=N/C(=C\N=C(/C)n1cnnn1)CN(C)[C@H]1CC[C@]2(CCN(C3=C(C)C(=O)OC3)C2=O)CC1. The molecular formula is C22H30N8O3. The maximum atomic E-state index is 13.3. The summed E-state index contributed by atoms with van der Waals surface area (Å²) in [7, 11) is 2.07. The molecule has 0 unspecified atom stereocenters. The lowest BCUT2D eigenvalue weighted by molar-refractivity contribution is -0.138. The first-order chi connectivity index (χ1) is 15.8. The van der Waals surface area contributed by atoms with Crippen LogP contribution in [0.25, 0.3) is 0 Å². The van der Waals surface area contributed by atoms with Gasteiger partial charge in [0, 0.05) is 19.1 Å². The maximum absolute atomic E-state index is 13.3. The Kier molecular flexibility index (Phi) is 6.50. The molecule has 1 saturated heterocycles. The topological polar surface area (TPSA) is 118 Å². The summed E-state index contributed by atoms with van der Waals surface area (Å²) in [5.74, 6) is 0.464. The summed E-state index contributed by atoms with van der Waals surface area (Å²) in [6.07, 6.45) is 7.55. The van der Waals surface area contributed by atoms with Crippen LogP contribution >= 0.6 is 0 Å². The zero-order valence-corrected chi connectivity index (χ0v) is 19.4. The van der Waals surface area contributed by atoms with E-state index in [0.717, 1.165) is 43.5 Å². The van der Waals surface area contributed by atoms with Crippen LogP contribution in [0.15, 0.2) is 39.5 Å². The molecule has 1 amide bonds. The van der Waals surface area contributed by atoms with Crippen LogP contribution in [0.1, 0.15) is 46.0 Å². The Hall–Kier alpha value is -3.21. The Bertz CT molecular complexity index is 1020. The van der Waals surface area contributed by atoms with Gasteiger partial charge >= 0.3 is 5.97 Å². The van der Waals surface area contributed by atoms with Crippen molar-refractivity contribution in [2.75, 3.05) is 26.7 Å². The molecule has 0 N–H and O–H groups in total. The Morgan fingerprint density at radius 3 is 2.73 bits per heavy atom. The van der Waals surface area contributed by atoms with Crippen molar-refractivity contribution in [2.45, 2.75) is 52.0 Å². The summed E-state index contributed by atoms with van der Waals surface area (Å²) < 4.78 is 6.59. The van der Waals surface area contributed by atoms with E-state index < -0.39 is 0 Å². The first-order valence-corrected chi connectivity index (χ1v) is 11.2. The number of hydrogen-bond acceptors (Lipinski definition) is 9. The lowest BCUT2D eigenvalue weighted by Crippen LogP contribution is -2.43. The van der Waals surface area contributed by atoms with Gasteiger partial charge < -0.3 is 9.64 Å². The average molecular weight is 455 g/mol. The summed E-state index contributed by atoms with van der Waals surface area (Å²) in [6, 6.07) is 0.351. The lowest BCUT2D eigenvalue weighted by Gasteiger charge is -2.39. The number of rotatable bonds is 6. The highest BCUT2D eigenvalue weighted by atomic mass is 16.5. The second-order valence-corrected chi connectivity index (χ2v) is 8.99. The summed E-state index contributed by atoms with van der Waals surface area (Å²) in [5, 5.41) is 11.0. The van der Waals surface area contributed by atoms with Crippen molar-refractivity contribution in [1.82, 2.24) is 30.0 Å². The third kappa shape index (κ3) is 4.50. The van der Waals surface area contributed by atoms with Gasteiger partial charge in [-0.1, -0.05) is 0 Å². The number of likely N-dealkylation sites (N-methyl/N-ethyl adjacent to an activating group) is 1. The van der Waals surface area contributed by atoms with Gasteiger partial charge in [-0.3, -0.25) is 14.7 Å². The molecule has 0 aromatic carbocycles. The molecule has 1 aliphatic carbocycles. The number of aliphatic imine (C=N–C) groups is 2. The molecule has 3 heterocycles. The minimum atomic E-state index is -0.321. The Balaban J connectivity index is 1.35. The van der Waals surface area contributed by atoms with Gasteiger partial charge in [-0.2, -0.15) is 4.68 Å². The van der Waals surface area contributed by atoms with Crippen LogP contribution in [0, 0.1) is 5.41 Å². The molecule has 33 heavy (non-hydrogen) atoms. The highest BCUT2D eigenvalue weighted by Gasteiger charge is 2.50. The summed E-state index contributed by atoms with van der Waals surface area (Å²) in [5.41, 5.74) is 1.73. The van der Waals surface area contributed by atoms with Crippen molar-refractivity contribution >= 4 is 24.4 Å². The number of carbonyl (C=O) groups is 2. The van der Waals surface area contributed by atoms with E-state index >= 15 is 0 Å². The van der Waals surface area contributed by atoms with Crippen LogP contribution in [0.5, 0.6) is 0 Å². The van der Waals surface area contributed by atoms with Crippen molar-refractivity contribution in [2.24, 2.45) is 15.4 Å². The average Bonchev–Trinajstić information content (AvgIpc) is 3.54. The van der Waals surface area contributed by atoms with Crippen molar-refractivity contribution in [3.8, 4) is 0 Å². The number of likely N-dealkylation sites (tertiary alicyclic amines) is 1. The van der Waals surface area contributed by atoms with Gasteiger partial charge in [-0.05, 0) is 70.1 Å². The Morgan fingerprint density at radius 1 is 1.36 bits per heavy atom. The van der Waals surface area contributed by atoms with Crippen molar-refractivity contribution in [3.05, 3.63) is 29.5 Å². The molecule has 0 atom stereocenters. The van der Waals surface area contributed by atoms with Crippen LogP contribution in [0.2, 0.25) is 0 Å². The highest BCUT2D eigenvalue weighted by Crippen LogP contribution is 2.47. The van der Waals surface area contributed by atoms with Crippen molar-refractivity contribution < 1.29 is 14.3 Å². The molecular weight excluding hydrogens is 424 g/mol. The summed E-state index contributed by atoms with van der Waals surface area (Å²) >= 11 is 0. The number of cyclic esters (lactones) is 1. The van der Waals surface area contributed by atoms with Crippen LogP contribution in [-0.4, -0.2) is 87.2 Å². The number of esters is 1. The van der Waals surface area contributed by atoms with E-state index in [1.165, 1.54) is 11.0 Å². The Labute approximate surface area is 192 Å². The zero-order valence-electron chi connectivity index (χ0n) is 19.4. The fourth-order valence-corrected chi connectivity index (χ4v) is 4.94. The molecule has 0 radical (unpaired) electrons. The van der Waals surface area contributed by atoms with Gasteiger partial charge in [0.15, 0.2) is 0 Å². The van der Waals surface area contributed by atoms with E-state index in [1.54, 1.807) is 18.0 Å². The van der Waals surface area contributed by atoms with Gasteiger partial charge in [0.25, 0.3) is 0 Å². The molecule has 11 nitrogen and oxygen atoms in total. The number of amides is 1. The van der Waals surface area contributed by atoms with Gasteiger partial charge in [0.1, 0.15) is 18.8 Å².